The number of aliphatic hydroxyl groups excluding tert-OH is 1. The fourth-order valence-corrected chi connectivity index (χ4v) is 3.68. The van der Waals surface area contributed by atoms with E-state index in [1.54, 1.807) is 0 Å². The number of rotatable bonds is 4. The van der Waals surface area contributed by atoms with Crippen molar-refractivity contribution < 1.29 is 5.11 Å². The van der Waals surface area contributed by atoms with Crippen LogP contribution in [0.5, 0.6) is 0 Å². The first-order valence-corrected chi connectivity index (χ1v) is 8.90. The Bertz CT molecular complexity index is 324. The van der Waals surface area contributed by atoms with Crippen molar-refractivity contribution in [1.29, 1.82) is 0 Å². The zero-order valence-corrected chi connectivity index (χ0v) is 13.8. The Balaban J connectivity index is 1.80. The van der Waals surface area contributed by atoms with E-state index in [1.807, 2.05) is 0 Å². The summed E-state index contributed by atoms with van der Waals surface area (Å²) in [7, 11) is 0. The quantitative estimate of drug-likeness (QED) is 0.552. The predicted octanol–water partition coefficient (Wildman–Crippen LogP) is 2.67. The zero-order chi connectivity index (χ0) is 15.1. The normalized spacial score (nSPS) is 34.5. The Hall–Kier alpha value is -0.770. The van der Waals surface area contributed by atoms with Gasteiger partial charge >= 0.3 is 0 Å². The molecule has 0 heterocycles. The van der Waals surface area contributed by atoms with Crippen molar-refractivity contribution in [3.63, 3.8) is 0 Å². The number of nitrogens with zero attached hydrogens (tertiary/aromatic N) is 1. The molecule has 2 atom stereocenters. The van der Waals surface area contributed by atoms with E-state index in [4.69, 9.17) is 4.99 Å². The van der Waals surface area contributed by atoms with E-state index in [9.17, 15) is 5.11 Å². The monoisotopic (exact) mass is 295 g/mol. The molecule has 2 rings (SSSR count). The molecule has 4 nitrogen and oxygen atoms in total. The topological polar surface area (TPSA) is 56.7 Å². The number of nitrogens with one attached hydrogen (secondary N) is 2. The summed E-state index contributed by atoms with van der Waals surface area (Å²) in [4.78, 5) is 4.82. The molecule has 0 bridgehead atoms. The van der Waals surface area contributed by atoms with Gasteiger partial charge in [0.25, 0.3) is 0 Å². The molecule has 4 heteroatoms. The van der Waals surface area contributed by atoms with Gasteiger partial charge in [-0.15, -0.1) is 0 Å². The van der Waals surface area contributed by atoms with Crippen LogP contribution in [0.4, 0.5) is 0 Å². The molecule has 2 saturated carbocycles. The van der Waals surface area contributed by atoms with Crippen LogP contribution in [-0.4, -0.2) is 36.3 Å². The second-order valence-electron chi connectivity index (χ2n) is 7.01. The van der Waals surface area contributed by atoms with E-state index in [1.165, 1.54) is 25.7 Å². The molecule has 3 N–H and O–H groups in total. The molecule has 0 aromatic heterocycles. The smallest absolute Gasteiger partial charge is 0.191 e. The lowest BCUT2D eigenvalue weighted by Crippen LogP contribution is -2.45. The molecule has 21 heavy (non-hydrogen) atoms. The highest BCUT2D eigenvalue weighted by atomic mass is 16.3. The molecule has 0 aromatic rings. The maximum atomic E-state index is 9.59. The molecule has 2 aliphatic rings. The van der Waals surface area contributed by atoms with E-state index < -0.39 is 0 Å². The van der Waals surface area contributed by atoms with Crippen molar-refractivity contribution in [3.8, 4) is 0 Å². The Morgan fingerprint density at radius 3 is 2.57 bits per heavy atom. The summed E-state index contributed by atoms with van der Waals surface area (Å²) in [6, 6.07) is 0.469. The van der Waals surface area contributed by atoms with Gasteiger partial charge < -0.3 is 15.7 Å². The van der Waals surface area contributed by atoms with Crippen LogP contribution in [0.2, 0.25) is 0 Å². The molecular weight excluding hydrogens is 262 g/mol. The fraction of sp³-hybridized carbons (Fsp3) is 0.941. The lowest BCUT2D eigenvalue weighted by atomic mass is 9.82. The first-order valence-electron chi connectivity index (χ1n) is 8.90. The van der Waals surface area contributed by atoms with E-state index in [0.29, 0.717) is 6.04 Å². The van der Waals surface area contributed by atoms with Crippen LogP contribution < -0.4 is 10.6 Å². The second-order valence-corrected chi connectivity index (χ2v) is 7.01. The van der Waals surface area contributed by atoms with Gasteiger partial charge in [0.05, 0.1) is 6.10 Å². The van der Waals surface area contributed by atoms with Gasteiger partial charge in [-0.05, 0) is 57.3 Å². The standard InChI is InChI=1S/C17H33N3O/c1-3-18-17(20-15-7-9-16(21)10-8-15)19-12-14-6-4-5-13(2)11-14/h13-16,21H,3-12H2,1-2H3,(H2,18,19,20). The van der Waals surface area contributed by atoms with Crippen LogP contribution in [-0.2, 0) is 0 Å². The Labute approximate surface area is 129 Å². The molecule has 2 aliphatic carbocycles. The molecule has 0 aliphatic heterocycles. The second kappa shape index (κ2) is 8.62. The molecule has 2 fully saturated rings. The molecule has 0 amide bonds. The molecular formula is C17H33N3O. The van der Waals surface area contributed by atoms with Gasteiger partial charge in [0, 0.05) is 19.1 Å². The van der Waals surface area contributed by atoms with Gasteiger partial charge in [0.2, 0.25) is 0 Å². The average molecular weight is 295 g/mol. The van der Waals surface area contributed by atoms with Crippen molar-refractivity contribution >= 4 is 5.96 Å². The zero-order valence-electron chi connectivity index (χ0n) is 13.8. The SMILES string of the molecule is CCNC(=NCC1CCCC(C)C1)NC1CCC(O)CC1. The van der Waals surface area contributed by atoms with Crippen LogP contribution in [0.15, 0.2) is 4.99 Å². The number of hydrogen-bond donors (Lipinski definition) is 3. The maximum Gasteiger partial charge on any atom is 0.191 e. The minimum Gasteiger partial charge on any atom is -0.393 e. The minimum absolute atomic E-state index is 0.0914. The fourth-order valence-electron chi connectivity index (χ4n) is 3.68. The average Bonchev–Trinajstić information content (AvgIpc) is 2.47. The van der Waals surface area contributed by atoms with Crippen LogP contribution in [0.1, 0.15) is 65.2 Å². The van der Waals surface area contributed by atoms with E-state index >= 15 is 0 Å². The minimum atomic E-state index is -0.0914. The number of guanidine groups is 1. The molecule has 122 valence electrons. The summed E-state index contributed by atoms with van der Waals surface area (Å²) < 4.78 is 0. The molecule has 0 saturated heterocycles. The Morgan fingerprint density at radius 1 is 1.14 bits per heavy atom. The van der Waals surface area contributed by atoms with Crippen LogP contribution in [0, 0.1) is 11.8 Å². The number of hydrogen-bond acceptors (Lipinski definition) is 2. The number of aliphatic hydroxyl groups is 1. The van der Waals surface area contributed by atoms with Crippen molar-refractivity contribution in [3.05, 3.63) is 0 Å². The van der Waals surface area contributed by atoms with Crippen molar-refractivity contribution in [2.24, 2.45) is 16.8 Å². The Morgan fingerprint density at radius 2 is 1.90 bits per heavy atom. The lowest BCUT2D eigenvalue weighted by Gasteiger charge is -2.28. The van der Waals surface area contributed by atoms with Gasteiger partial charge in [-0.3, -0.25) is 4.99 Å². The van der Waals surface area contributed by atoms with Crippen LogP contribution in [0.3, 0.4) is 0 Å². The molecule has 0 aromatic carbocycles. The first-order chi connectivity index (χ1) is 10.2. The summed E-state index contributed by atoms with van der Waals surface area (Å²) in [5, 5.41) is 16.5. The largest absolute Gasteiger partial charge is 0.393 e. The third kappa shape index (κ3) is 5.85. The number of aliphatic imine (C=N–C) groups is 1. The van der Waals surface area contributed by atoms with Gasteiger partial charge in [0.15, 0.2) is 5.96 Å². The van der Waals surface area contributed by atoms with Crippen molar-refractivity contribution in [1.82, 2.24) is 10.6 Å². The maximum absolute atomic E-state index is 9.59. The predicted molar refractivity (Wildman–Crippen MR) is 88.5 cm³/mol. The van der Waals surface area contributed by atoms with E-state index in [2.05, 4.69) is 24.5 Å². The highest BCUT2D eigenvalue weighted by Gasteiger charge is 2.21. The highest BCUT2D eigenvalue weighted by Crippen LogP contribution is 2.28. The van der Waals surface area contributed by atoms with Crippen LogP contribution >= 0.6 is 0 Å². The van der Waals surface area contributed by atoms with E-state index in [-0.39, 0.29) is 6.10 Å². The van der Waals surface area contributed by atoms with Gasteiger partial charge in [-0.25, -0.2) is 0 Å². The van der Waals surface area contributed by atoms with Gasteiger partial charge in [-0.2, -0.15) is 0 Å². The lowest BCUT2D eigenvalue weighted by molar-refractivity contribution is 0.120. The molecule has 0 radical (unpaired) electrons. The summed E-state index contributed by atoms with van der Waals surface area (Å²) in [6.07, 6.45) is 9.26. The van der Waals surface area contributed by atoms with Gasteiger partial charge in [0.1, 0.15) is 0 Å². The summed E-state index contributed by atoms with van der Waals surface area (Å²) in [5.74, 6) is 2.60. The van der Waals surface area contributed by atoms with Gasteiger partial charge in [-0.1, -0.05) is 19.8 Å². The summed E-state index contributed by atoms with van der Waals surface area (Å²) in [6.45, 7) is 6.34. The highest BCUT2D eigenvalue weighted by molar-refractivity contribution is 5.80. The van der Waals surface area contributed by atoms with Crippen molar-refractivity contribution in [2.45, 2.75) is 77.4 Å². The third-order valence-corrected chi connectivity index (χ3v) is 4.93. The summed E-state index contributed by atoms with van der Waals surface area (Å²) in [5.41, 5.74) is 0. The van der Waals surface area contributed by atoms with E-state index in [0.717, 1.165) is 56.6 Å². The summed E-state index contributed by atoms with van der Waals surface area (Å²) >= 11 is 0. The Kier molecular flexibility index (Phi) is 6.81. The first kappa shape index (κ1) is 16.6. The van der Waals surface area contributed by atoms with Crippen molar-refractivity contribution in [2.75, 3.05) is 13.1 Å². The third-order valence-electron chi connectivity index (χ3n) is 4.93. The molecule has 2 unspecified atom stereocenters. The van der Waals surface area contributed by atoms with Crippen LogP contribution in [0.25, 0.3) is 0 Å². The molecule has 0 spiro atoms.